The van der Waals surface area contributed by atoms with Crippen molar-refractivity contribution in [3.05, 3.63) is 34.5 Å². The molecule has 0 radical (unpaired) electrons. The van der Waals surface area contributed by atoms with E-state index in [4.69, 9.17) is 0 Å². The lowest BCUT2D eigenvalue weighted by Crippen LogP contribution is -2.33. The molecule has 1 fully saturated rings. The average Bonchev–Trinajstić information content (AvgIpc) is 2.69. The quantitative estimate of drug-likeness (QED) is 0.897. The van der Waals surface area contributed by atoms with Gasteiger partial charge >= 0.3 is 5.69 Å². The molecule has 0 bridgehead atoms. The summed E-state index contributed by atoms with van der Waals surface area (Å²) < 4.78 is 15.0. The highest BCUT2D eigenvalue weighted by Gasteiger charge is 2.19. The number of hydrogen-bond donors (Lipinski definition) is 1. The van der Waals surface area contributed by atoms with Crippen LogP contribution in [0.3, 0.4) is 0 Å². The SMILES string of the molecule is CN1CCC(Cn2c(=O)[nH]c3ccc(F)cc32)CC1. The number of fused-ring (bicyclic) bond motifs is 1. The Bertz CT molecular complexity index is 638. The van der Waals surface area contributed by atoms with E-state index >= 15 is 0 Å². The number of halogens is 1. The molecule has 0 amide bonds. The molecule has 0 spiro atoms. The Morgan fingerprint density at radius 1 is 1.37 bits per heavy atom. The number of rotatable bonds is 2. The fraction of sp³-hybridized carbons (Fsp3) is 0.500. The van der Waals surface area contributed by atoms with Gasteiger partial charge in [0.15, 0.2) is 0 Å². The van der Waals surface area contributed by atoms with Gasteiger partial charge in [0.1, 0.15) is 5.82 Å². The Kier molecular flexibility index (Phi) is 3.14. The number of nitrogens with zero attached hydrogens (tertiary/aromatic N) is 2. The van der Waals surface area contributed by atoms with Crippen molar-refractivity contribution in [1.29, 1.82) is 0 Å². The first-order valence-electron chi connectivity index (χ1n) is 6.70. The predicted octanol–water partition coefficient (Wildman–Crippen LogP) is 1.81. The highest BCUT2D eigenvalue weighted by Crippen LogP contribution is 2.20. The first-order valence-corrected chi connectivity index (χ1v) is 6.70. The van der Waals surface area contributed by atoms with Crippen LogP contribution in [-0.2, 0) is 6.54 Å². The molecule has 3 rings (SSSR count). The fourth-order valence-corrected chi connectivity index (χ4v) is 2.81. The van der Waals surface area contributed by atoms with Crippen molar-refractivity contribution in [1.82, 2.24) is 14.5 Å². The third-order valence-corrected chi connectivity index (χ3v) is 4.02. The van der Waals surface area contributed by atoms with Gasteiger partial charge in [-0.1, -0.05) is 0 Å². The lowest BCUT2D eigenvalue weighted by Gasteiger charge is -2.28. The Morgan fingerprint density at radius 3 is 2.84 bits per heavy atom. The molecule has 2 heterocycles. The molecule has 2 aromatic rings. The summed E-state index contributed by atoms with van der Waals surface area (Å²) in [5, 5.41) is 0. The lowest BCUT2D eigenvalue weighted by atomic mass is 9.97. The molecule has 102 valence electrons. The van der Waals surface area contributed by atoms with Crippen LogP contribution >= 0.6 is 0 Å². The molecule has 1 N–H and O–H groups in total. The summed E-state index contributed by atoms with van der Waals surface area (Å²) in [6.07, 6.45) is 2.18. The maximum atomic E-state index is 13.3. The van der Waals surface area contributed by atoms with Gasteiger partial charge in [-0.15, -0.1) is 0 Å². The first kappa shape index (κ1) is 12.4. The minimum absolute atomic E-state index is 0.139. The minimum atomic E-state index is -0.302. The number of H-pyrrole nitrogens is 1. The number of benzene rings is 1. The van der Waals surface area contributed by atoms with E-state index in [9.17, 15) is 9.18 Å². The van der Waals surface area contributed by atoms with Crippen LogP contribution in [0.2, 0.25) is 0 Å². The molecule has 1 aromatic heterocycles. The normalized spacial score (nSPS) is 18.2. The molecule has 1 aliphatic heterocycles. The van der Waals surface area contributed by atoms with Crippen molar-refractivity contribution in [2.45, 2.75) is 19.4 Å². The number of piperidine rings is 1. The van der Waals surface area contributed by atoms with E-state index in [0.717, 1.165) is 25.9 Å². The van der Waals surface area contributed by atoms with E-state index in [1.165, 1.54) is 12.1 Å². The molecule has 0 aliphatic carbocycles. The zero-order chi connectivity index (χ0) is 13.4. The van der Waals surface area contributed by atoms with Crippen LogP contribution in [0.25, 0.3) is 11.0 Å². The monoisotopic (exact) mass is 263 g/mol. The highest BCUT2D eigenvalue weighted by molar-refractivity contribution is 5.75. The van der Waals surface area contributed by atoms with Crippen LogP contribution in [0.4, 0.5) is 4.39 Å². The van der Waals surface area contributed by atoms with Gasteiger partial charge in [-0.3, -0.25) is 4.57 Å². The number of hydrogen-bond acceptors (Lipinski definition) is 2. The summed E-state index contributed by atoms with van der Waals surface area (Å²) in [6, 6.07) is 4.43. The van der Waals surface area contributed by atoms with Crippen molar-refractivity contribution in [2.24, 2.45) is 5.92 Å². The van der Waals surface area contributed by atoms with Crippen LogP contribution in [-0.4, -0.2) is 34.6 Å². The van der Waals surface area contributed by atoms with E-state index in [2.05, 4.69) is 16.9 Å². The lowest BCUT2D eigenvalue weighted by molar-refractivity contribution is 0.205. The standard InChI is InChI=1S/C14H18FN3O/c1-17-6-4-10(5-7-17)9-18-13-8-11(15)2-3-12(13)16-14(18)19/h2-3,8,10H,4-7,9H2,1H3,(H,16,19). The molecule has 0 atom stereocenters. The van der Waals surface area contributed by atoms with E-state index in [-0.39, 0.29) is 11.5 Å². The molecule has 1 saturated heterocycles. The third kappa shape index (κ3) is 2.42. The second-order valence-corrected chi connectivity index (χ2v) is 5.45. The van der Waals surface area contributed by atoms with Crippen LogP contribution < -0.4 is 5.69 Å². The topological polar surface area (TPSA) is 41.0 Å². The molecule has 1 aliphatic rings. The molecule has 0 unspecified atom stereocenters. The van der Waals surface area contributed by atoms with Crippen LogP contribution in [0, 0.1) is 11.7 Å². The molecule has 19 heavy (non-hydrogen) atoms. The molecule has 1 aromatic carbocycles. The smallest absolute Gasteiger partial charge is 0.306 e. The summed E-state index contributed by atoms with van der Waals surface area (Å²) in [4.78, 5) is 17.0. The second-order valence-electron chi connectivity index (χ2n) is 5.45. The largest absolute Gasteiger partial charge is 0.326 e. The van der Waals surface area contributed by atoms with Gasteiger partial charge in [0.25, 0.3) is 0 Å². The van der Waals surface area contributed by atoms with Crippen molar-refractivity contribution >= 4 is 11.0 Å². The Hall–Kier alpha value is -1.62. The van der Waals surface area contributed by atoms with E-state index in [1.54, 1.807) is 10.6 Å². The molecular weight excluding hydrogens is 245 g/mol. The van der Waals surface area contributed by atoms with Crippen molar-refractivity contribution in [3.63, 3.8) is 0 Å². The Balaban J connectivity index is 1.90. The summed E-state index contributed by atoms with van der Waals surface area (Å²) in [6.45, 7) is 2.81. The van der Waals surface area contributed by atoms with Crippen molar-refractivity contribution < 1.29 is 4.39 Å². The van der Waals surface area contributed by atoms with Gasteiger partial charge in [0, 0.05) is 6.54 Å². The summed E-state index contributed by atoms with van der Waals surface area (Å²) >= 11 is 0. The van der Waals surface area contributed by atoms with Gasteiger partial charge in [-0.25, -0.2) is 9.18 Å². The maximum absolute atomic E-state index is 13.3. The number of imidazole rings is 1. The van der Waals surface area contributed by atoms with Gasteiger partial charge in [-0.2, -0.15) is 0 Å². The Morgan fingerprint density at radius 2 is 2.11 bits per heavy atom. The third-order valence-electron chi connectivity index (χ3n) is 4.02. The second kappa shape index (κ2) is 4.81. The Labute approximate surface area is 110 Å². The zero-order valence-corrected chi connectivity index (χ0v) is 11.0. The predicted molar refractivity (Wildman–Crippen MR) is 72.7 cm³/mol. The van der Waals surface area contributed by atoms with Gasteiger partial charge < -0.3 is 9.88 Å². The van der Waals surface area contributed by atoms with Gasteiger partial charge in [-0.05, 0) is 57.1 Å². The number of aromatic amines is 1. The molecule has 4 nitrogen and oxygen atoms in total. The number of aromatic nitrogens is 2. The highest BCUT2D eigenvalue weighted by atomic mass is 19.1. The van der Waals surface area contributed by atoms with Crippen molar-refractivity contribution in [2.75, 3.05) is 20.1 Å². The van der Waals surface area contributed by atoms with Gasteiger partial charge in [0.2, 0.25) is 0 Å². The zero-order valence-electron chi connectivity index (χ0n) is 11.0. The number of likely N-dealkylation sites (tertiary alicyclic amines) is 1. The maximum Gasteiger partial charge on any atom is 0.326 e. The number of nitrogens with one attached hydrogen (secondary N) is 1. The average molecular weight is 263 g/mol. The molecule has 5 heteroatoms. The van der Waals surface area contributed by atoms with E-state index < -0.39 is 0 Å². The minimum Gasteiger partial charge on any atom is -0.306 e. The molecule has 0 saturated carbocycles. The first-order chi connectivity index (χ1) is 9.13. The van der Waals surface area contributed by atoms with Crippen LogP contribution in [0.15, 0.2) is 23.0 Å². The fourth-order valence-electron chi connectivity index (χ4n) is 2.81. The summed E-state index contributed by atoms with van der Waals surface area (Å²) in [7, 11) is 2.11. The van der Waals surface area contributed by atoms with Crippen LogP contribution in [0.1, 0.15) is 12.8 Å². The summed E-state index contributed by atoms with van der Waals surface area (Å²) in [5.74, 6) is 0.194. The van der Waals surface area contributed by atoms with E-state index in [0.29, 0.717) is 23.5 Å². The van der Waals surface area contributed by atoms with E-state index in [1.807, 2.05) is 0 Å². The summed E-state index contributed by atoms with van der Waals surface area (Å²) in [5.41, 5.74) is 1.24. The van der Waals surface area contributed by atoms with Crippen molar-refractivity contribution in [3.8, 4) is 0 Å². The molecular formula is C14H18FN3O. The van der Waals surface area contributed by atoms with Crippen LogP contribution in [0.5, 0.6) is 0 Å². The van der Waals surface area contributed by atoms with Gasteiger partial charge in [0.05, 0.1) is 11.0 Å².